The molecule has 1 aliphatic heterocycles. The molecule has 3 rings (SSSR count). The summed E-state index contributed by atoms with van der Waals surface area (Å²) in [6.45, 7) is 0. The predicted molar refractivity (Wildman–Crippen MR) is 72.1 cm³/mol. The summed E-state index contributed by atoms with van der Waals surface area (Å²) in [5.41, 5.74) is 2.16. The highest BCUT2D eigenvalue weighted by atomic mass is 79.9. The van der Waals surface area contributed by atoms with Gasteiger partial charge in [0.05, 0.1) is 11.6 Å². The van der Waals surface area contributed by atoms with E-state index in [1.165, 1.54) is 31.2 Å². The molecule has 1 aliphatic carbocycles. The Kier molecular flexibility index (Phi) is 2.95. The summed E-state index contributed by atoms with van der Waals surface area (Å²) < 4.78 is 0.997. The molecule has 0 bridgehead atoms. The molecule has 0 aromatic heterocycles. The van der Waals surface area contributed by atoms with Crippen LogP contribution in [-0.4, -0.2) is 5.91 Å². The van der Waals surface area contributed by atoms with Gasteiger partial charge in [-0.05, 0) is 39.9 Å². The number of hydrogen-bond donors (Lipinski definition) is 1. The topological polar surface area (TPSA) is 29.1 Å². The lowest BCUT2D eigenvalue weighted by Crippen LogP contribution is -2.14. The molecule has 1 amide bonds. The van der Waals surface area contributed by atoms with Crippen LogP contribution in [0.25, 0.3) is 0 Å². The molecule has 1 N–H and O–H groups in total. The quantitative estimate of drug-likeness (QED) is 0.875. The number of halogens is 1. The van der Waals surface area contributed by atoms with Crippen molar-refractivity contribution in [2.75, 3.05) is 5.32 Å². The number of benzene rings is 1. The number of para-hydroxylation sites is 1. The number of carbonyl (C=O) groups excluding carboxylic acids is 1. The standard InChI is InChI=1S/C14H16BrNO/c15-12-7-3-6-10-11(14(17)16-13(10)12)8-9-4-1-2-5-9/h3,6-7,9,11H,1-2,4-5,8H2,(H,16,17). The first-order valence-electron chi connectivity index (χ1n) is 6.35. The van der Waals surface area contributed by atoms with Crippen molar-refractivity contribution in [3.63, 3.8) is 0 Å². The van der Waals surface area contributed by atoms with E-state index in [0.717, 1.165) is 22.5 Å². The first-order valence-corrected chi connectivity index (χ1v) is 7.14. The van der Waals surface area contributed by atoms with Gasteiger partial charge in [-0.1, -0.05) is 37.8 Å². The fourth-order valence-corrected chi connectivity index (χ4v) is 3.61. The zero-order chi connectivity index (χ0) is 11.8. The second-order valence-electron chi connectivity index (χ2n) is 5.13. The maximum absolute atomic E-state index is 12.0. The fourth-order valence-electron chi connectivity index (χ4n) is 3.13. The number of nitrogens with one attached hydrogen (secondary N) is 1. The lowest BCUT2D eigenvalue weighted by atomic mass is 9.89. The van der Waals surface area contributed by atoms with E-state index in [9.17, 15) is 4.79 Å². The van der Waals surface area contributed by atoms with Gasteiger partial charge in [0.25, 0.3) is 0 Å². The van der Waals surface area contributed by atoms with Crippen LogP contribution in [0, 0.1) is 5.92 Å². The molecule has 1 aromatic carbocycles. The largest absolute Gasteiger partial charge is 0.324 e. The second-order valence-corrected chi connectivity index (χ2v) is 5.99. The second kappa shape index (κ2) is 4.45. The van der Waals surface area contributed by atoms with Crippen LogP contribution in [0.15, 0.2) is 22.7 Å². The Morgan fingerprint density at radius 1 is 1.29 bits per heavy atom. The van der Waals surface area contributed by atoms with E-state index in [2.05, 4.69) is 27.3 Å². The molecular weight excluding hydrogens is 278 g/mol. The minimum absolute atomic E-state index is 0.0746. The van der Waals surface area contributed by atoms with Crippen molar-refractivity contribution < 1.29 is 4.79 Å². The van der Waals surface area contributed by atoms with E-state index in [0.29, 0.717) is 0 Å². The van der Waals surface area contributed by atoms with Gasteiger partial charge in [0.2, 0.25) is 5.91 Å². The highest BCUT2D eigenvalue weighted by Crippen LogP contribution is 2.43. The summed E-state index contributed by atoms with van der Waals surface area (Å²) in [5, 5.41) is 3.00. The van der Waals surface area contributed by atoms with E-state index in [4.69, 9.17) is 0 Å². The Hall–Kier alpha value is -0.830. The van der Waals surface area contributed by atoms with E-state index in [1.54, 1.807) is 0 Å². The zero-order valence-corrected chi connectivity index (χ0v) is 11.3. The summed E-state index contributed by atoms with van der Waals surface area (Å²) in [7, 11) is 0. The van der Waals surface area contributed by atoms with E-state index in [-0.39, 0.29) is 11.8 Å². The van der Waals surface area contributed by atoms with Crippen LogP contribution >= 0.6 is 15.9 Å². The molecule has 1 saturated carbocycles. The Morgan fingerprint density at radius 3 is 2.82 bits per heavy atom. The van der Waals surface area contributed by atoms with Crippen LogP contribution in [-0.2, 0) is 4.79 Å². The molecule has 1 unspecified atom stereocenters. The van der Waals surface area contributed by atoms with Crippen LogP contribution in [0.5, 0.6) is 0 Å². The minimum atomic E-state index is 0.0746. The first kappa shape index (κ1) is 11.3. The Labute approximate surface area is 110 Å². The average Bonchev–Trinajstić information content (AvgIpc) is 2.91. The highest BCUT2D eigenvalue weighted by molar-refractivity contribution is 9.10. The molecule has 0 spiro atoms. The van der Waals surface area contributed by atoms with Crippen LogP contribution in [0.3, 0.4) is 0 Å². The lowest BCUT2D eigenvalue weighted by Gasteiger charge is -2.14. The molecule has 1 fully saturated rings. The van der Waals surface area contributed by atoms with Crippen molar-refractivity contribution in [3.8, 4) is 0 Å². The molecule has 2 aliphatic rings. The normalized spacial score (nSPS) is 23.8. The van der Waals surface area contributed by atoms with Gasteiger partial charge in [-0.15, -0.1) is 0 Å². The zero-order valence-electron chi connectivity index (χ0n) is 9.71. The molecule has 90 valence electrons. The van der Waals surface area contributed by atoms with Crippen molar-refractivity contribution in [3.05, 3.63) is 28.2 Å². The Balaban J connectivity index is 1.86. The average molecular weight is 294 g/mol. The van der Waals surface area contributed by atoms with Crippen molar-refractivity contribution >= 4 is 27.5 Å². The third-order valence-electron chi connectivity index (χ3n) is 4.03. The fraction of sp³-hybridized carbons (Fsp3) is 0.500. The molecule has 0 saturated heterocycles. The van der Waals surface area contributed by atoms with E-state index in [1.807, 2.05) is 12.1 Å². The third-order valence-corrected chi connectivity index (χ3v) is 4.69. The van der Waals surface area contributed by atoms with E-state index < -0.39 is 0 Å². The summed E-state index contributed by atoms with van der Waals surface area (Å²) >= 11 is 3.50. The monoisotopic (exact) mass is 293 g/mol. The van der Waals surface area contributed by atoms with Gasteiger partial charge in [-0.3, -0.25) is 4.79 Å². The van der Waals surface area contributed by atoms with Gasteiger partial charge in [-0.25, -0.2) is 0 Å². The van der Waals surface area contributed by atoms with Crippen molar-refractivity contribution in [2.45, 2.75) is 38.0 Å². The SMILES string of the molecule is O=C1Nc2c(Br)cccc2C1CC1CCCC1. The van der Waals surface area contributed by atoms with Crippen LogP contribution in [0.2, 0.25) is 0 Å². The molecule has 1 heterocycles. The summed E-state index contributed by atoms with van der Waals surface area (Å²) in [4.78, 5) is 12.0. The number of hydrogen-bond acceptors (Lipinski definition) is 1. The molecule has 1 atom stereocenters. The maximum atomic E-state index is 12.0. The molecule has 0 radical (unpaired) electrons. The van der Waals surface area contributed by atoms with Gasteiger partial charge >= 0.3 is 0 Å². The van der Waals surface area contributed by atoms with Crippen molar-refractivity contribution in [1.29, 1.82) is 0 Å². The number of fused-ring (bicyclic) bond motifs is 1. The summed E-state index contributed by atoms with van der Waals surface area (Å²) in [5.74, 6) is 1.00. The van der Waals surface area contributed by atoms with Gasteiger partial charge in [0.1, 0.15) is 0 Å². The Morgan fingerprint density at radius 2 is 2.06 bits per heavy atom. The Bertz CT molecular complexity index is 452. The number of anilines is 1. The van der Waals surface area contributed by atoms with Gasteiger partial charge < -0.3 is 5.32 Å². The minimum Gasteiger partial charge on any atom is -0.324 e. The first-order chi connectivity index (χ1) is 8.25. The van der Waals surface area contributed by atoms with Crippen LogP contribution < -0.4 is 5.32 Å². The maximum Gasteiger partial charge on any atom is 0.232 e. The van der Waals surface area contributed by atoms with Crippen molar-refractivity contribution in [2.24, 2.45) is 5.92 Å². The van der Waals surface area contributed by atoms with E-state index >= 15 is 0 Å². The molecule has 3 heteroatoms. The number of amides is 1. The summed E-state index contributed by atoms with van der Waals surface area (Å²) in [6, 6.07) is 6.08. The number of carbonyl (C=O) groups is 1. The van der Waals surface area contributed by atoms with Crippen molar-refractivity contribution in [1.82, 2.24) is 0 Å². The molecule has 2 nitrogen and oxygen atoms in total. The van der Waals surface area contributed by atoms with Gasteiger partial charge in [0, 0.05) is 4.47 Å². The lowest BCUT2D eigenvalue weighted by molar-refractivity contribution is -0.117. The van der Waals surface area contributed by atoms with Gasteiger partial charge in [0.15, 0.2) is 0 Å². The molecule has 1 aromatic rings. The smallest absolute Gasteiger partial charge is 0.232 e. The molecule has 17 heavy (non-hydrogen) atoms. The van der Waals surface area contributed by atoms with Crippen LogP contribution in [0.4, 0.5) is 5.69 Å². The number of rotatable bonds is 2. The van der Waals surface area contributed by atoms with Gasteiger partial charge in [-0.2, -0.15) is 0 Å². The molecular formula is C14H16BrNO. The highest BCUT2D eigenvalue weighted by Gasteiger charge is 2.34. The summed E-state index contributed by atoms with van der Waals surface area (Å²) in [6.07, 6.45) is 6.30. The van der Waals surface area contributed by atoms with Crippen LogP contribution in [0.1, 0.15) is 43.6 Å². The third kappa shape index (κ3) is 2.01. The predicted octanol–water partition coefficient (Wildman–Crippen LogP) is 4.07.